The molecule has 16 heavy (non-hydrogen) atoms. The van der Waals surface area contributed by atoms with Crippen LogP contribution in [0.25, 0.3) is 0 Å². The van der Waals surface area contributed by atoms with Gasteiger partial charge in [0.05, 0.1) is 0 Å². The largest absolute Gasteiger partial charge is 0.389 e. The van der Waals surface area contributed by atoms with Crippen molar-refractivity contribution >= 4 is 6.03 Å². The summed E-state index contributed by atoms with van der Waals surface area (Å²) < 4.78 is 35.3. The van der Waals surface area contributed by atoms with Crippen molar-refractivity contribution in [1.82, 2.24) is 10.6 Å². The number of halogens is 3. The molecule has 0 unspecified atom stereocenters. The molecule has 3 nitrogen and oxygen atoms in total. The fourth-order valence-electron chi connectivity index (χ4n) is 1.44. The summed E-state index contributed by atoms with van der Waals surface area (Å²) in [5.41, 5.74) is 0. The number of carbonyl (C=O) groups excluding carboxylic acids is 1. The summed E-state index contributed by atoms with van der Waals surface area (Å²) in [5, 5.41) is 5.30. The van der Waals surface area contributed by atoms with Crippen molar-refractivity contribution in [1.29, 1.82) is 0 Å². The van der Waals surface area contributed by atoms with Crippen LogP contribution in [0.1, 0.15) is 38.5 Å². The number of unbranched alkanes of at least 4 members (excludes halogenated alkanes) is 1. The topological polar surface area (TPSA) is 41.1 Å². The molecule has 1 saturated carbocycles. The Bertz CT molecular complexity index is 227. The van der Waals surface area contributed by atoms with Gasteiger partial charge in [-0.25, -0.2) is 4.79 Å². The fourth-order valence-corrected chi connectivity index (χ4v) is 1.44. The molecule has 6 heteroatoms. The van der Waals surface area contributed by atoms with E-state index in [4.69, 9.17) is 0 Å². The molecule has 94 valence electrons. The molecule has 0 bridgehead atoms. The Morgan fingerprint density at radius 3 is 2.44 bits per heavy atom. The first-order valence-corrected chi connectivity index (χ1v) is 5.58. The van der Waals surface area contributed by atoms with E-state index in [1.165, 1.54) is 0 Å². The second-order valence-electron chi connectivity index (χ2n) is 4.10. The molecule has 1 aliphatic rings. The van der Waals surface area contributed by atoms with E-state index in [0.29, 0.717) is 13.0 Å². The maximum Gasteiger partial charge on any atom is 0.389 e. The summed E-state index contributed by atoms with van der Waals surface area (Å²) in [6, 6.07) is -0.00751. The van der Waals surface area contributed by atoms with E-state index in [9.17, 15) is 18.0 Å². The Kier molecular flexibility index (Phi) is 4.89. The molecule has 0 radical (unpaired) electrons. The summed E-state index contributed by atoms with van der Waals surface area (Å²) in [6.45, 7) is 0.300. The van der Waals surface area contributed by atoms with Crippen LogP contribution in [0.2, 0.25) is 0 Å². The quantitative estimate of drug-likeness (QED) is 0.710. The highest BCUT2D eigenvalue weighted by molar-refractivity contribution is 5.74. The molecule has 0 saturated heterocycles. The Morgan fingerprint density at radius 1 is 1.25 bits per heavy atom. The van der Waals surface area contributed by atoms with Gasteiger partial charge in [-0.05, 0) is 32.1 Å². The van der Waals surface area contributed by atoms with Gasteiger partial charge in [0.2, 0.25) is 0 Å². The third kappa shape index (κ3) is 5.82. The van der Waals surface area contributed by atoms with E-state index in [2.05, 4.69) is 10.6 Å². The number of hydrogen-bond donors (Lipinski definition) is 2. The highest BCUT2D eigenvalue weighted by Crippen LogP contribution is 2.21. The van der Waals surface area contributed by atoms with E-state index in [1.807, 2.05) is 0 Å². The average molecular weight is 238 g/mol. The first-order chi connectivity index (χ1) is 7.47. The van der Waals surface area contributed by atoms with E-state index in [-0.39, 0.29) is 18.5 Å². The van der Waals surface area contributed by atoms with Crippen LogP contribution in [0.3, 0.4) is 0 Å². The van der Waals surface area contributed by atoms with Gasteiger partial charge in [-0.2, -0.15) is 13.2 Å². The first kappa shape index (κ1) is 13.1. The van der Waals surface area contributed by atoms with Crippen molar-refractivity contribution in [3.8, 4) is 0 Å². The van der Waals surface area contributed by atoms with Gasteiger partial charge in [-0.3, -0.25) is 0 Å². The second-order valence-corrected chi connectivity index (χ2v) is 4.10. The van der Waals surface area contributed by atoms with Gasteiger partial charge in [-0.1, -0.05) is 0 Å². The zero-order valence-electron chi connectivity index (χ0n) is 9.07. The fraction of sp³-hybridized carbons (Fsp3) is 0.900. The van der Waals surface area contributed by atoms with Crippen LogP contribution >= 0.6 is 0 Å². The van der Waals surface area contributed by atoms with Crippen molar-refractivity contribution in [3.63, 3.8) is 0 Å². The second kappa shape index (κ2) is 5.96. The van der Waals surface area contributed by atoms with E-state index in [1.54, 1.807) is 0 Å². The van der Waals surface area contributed by atoms with Gasteiger partial charge in [0.1, 0.15) is 0 Å². The molecule has 0 aromatic heterocycles. The number of urea groups is 1. The molecule has 0 heterocycles. The Hall–Kier alpha value is -0.940. The molecule has 0 aliphatic heterocycles. The lowest BCUT2D eigenvalue weighted by atomic mass is 9.93. The SMILES string of the molecule is O=C(NCCCCC(F)(F)F)NC1CCC1. The van der Waals surface area contributed by atoms with E-state index in [0.717, 1.165) is 19.3 Å². The van der Waals surface area contributed by atoms with E-state index >= 15 is 0 Å². The molecule has 1 rings (SSSR count). The number of hydrogen-bond acceptors (Lipinski definition) is 1. The van der Waals surface area contributed by atoms with Gasteiger partial charge in [0.25, 0.3) is 0 Å². The molecule has 1 aliphatic carbocycles. The predicted octanol–water partition coefficient (Wildman–Crippen LogP) is 2.57. The van der Waals surface area contributed by atoms with Crippen molar-refractivity contribution in [2.75, 3.05) is 6.54 Å². The number of alkyl halides is 3. The Morgan fingerprint density at radius 2 is 1.94 bits per heavy atom. The highest BCUT2D eigenvalue weighted by Gasteiger charge is 2.25. The number of carbonyl (C=O) groups is 1. The van der Waals surface area contributed by atoms with Gasteiger partial charge < -0.3 is 10.6 Å². The summed E-state index contributed by atoms with van der Waals surface area (Å²) in [6.07, 6.45) is -1.31. The van der Waals surface area contributed by atoms with Crippen LogP contribution in [-0.2, 0) is 0 Å². The van der Waals surface area contributed by atoms with Crippen LogP contribution in [0.15, 0.2) is 0 Å². The van der Waals surface area contributed by atoms with Crippen LogP contribution in [0.5, 0.6) is 0 Å². The zero-order valence-corrected chi connectivity index (χ0v) is 9.07. The van der Waals surface area contributed by atoms with Gasteiger partial charge in [0, 0.05) is 19.0 Å². The summed E-state index contributed by atoms with van der Waals surface area (Å²) in [7, 11) is 0. The van der Waals surface area contributed by atoms with Gasteiger partial charge >= 0.3 is 12.2 Å². The van der Waals surface area contributed by atoms with Crippen molar-refractivity contribution in [3.05, 3.63) is 0 Å². The molecule has 2 amide bonds. The minimum absolute atomic E-state index is 0.0627. The third-order valence-corrected chi connectivity index (χ3v) is 2.61. The van der Waals surface area contributed by atoms with Crippen molar-refractivity contribution in [2.24, 2.45) is 0 Å². The number of amides is 2. The standard InChI is InChI=1S/C10H17F3N2O/c11-10(12,13)6-1-2-7-14-9(16)15-8-4-3-5-8/h8H,1-7H2,(H2,14,15,16). The van der Waals surface area contributed by atoms with Gasteiger partial charge in [0.15, 0.2) is 0 Å². The van der Waals surface area contributed by atoms with Crippen LogP contribution in [0, 0.1) is 0 Å². The molecular formula is C10H17F3N2O. The van der Waals surface area contributed by atoms with E-state index < -0.39 is 12.6 Å². The third-order valence-electron chi connectivity index (χ3n) is 2.61. The molecule has 2 N–H and O–H groups in total. The summed E-state index contributed by atoms with van der Waals surface area (Å²) >= 11 is 0. The molecule has 0 aromatic rings. The zero-order chi connectivity index (χ0) is 12.0. The van der Waals surface area contributed by atoms with Crippen LogP contribution in [-0.4, -0.2) is 24.8 Å². The molecule has 0 atom stereocenters. The minimum Gasteiger partial charge on any atom is -0.338 e. The number of rotatable bonds is 5. The minimum atomic E-state index is -4.09. The Labute approximate surface area is 92.8 Å². The average Bonchev–Trinajstić information content (AvgIpc) is 2.09. The lowest BCUT2D eigenvalue weighted by molar-refractivity contribution is -0.135. The predicted molar refractivity (Wildman–Crippen MR) is 54.1 cm³/mol. The molecule has 0 aromatic carbocycles. The number of nitrogens with one attached hydrogen (secondary N) is 2. The lowest BCUT2D eigenvalue weighted by Gasteiger charge is -2.26. The molecule has 1 fully saturated rings. The Balaban J connectivity index is 1.92. The normalized spacial score (nSPS) is 16.7. The lowest BCUT2D eigenvalue weighted by Crippen LogP contribution is -2.45. The molecule has 0 spiro atoms. The van der Waals surface area contributed by atoms with Crippen LogP contribution in [0.4, 0.5) is 18.0 Å². The highest BCUT2D eigenvalue weighted by atomic mass is 19.4. The van der Waals surface area contributed by atoms with Crippen molar-refractivity contribution in [2.45, 2.75) is 50.7 Å². The summed E-state index contributed by atoms with van der Waals surface area (Å²) in [5.74, 6) is 0. The summed E-state index contributed by atoms with van der Waals surface area (Å²) in [4.78, 5) is 11.2. The van der Waals surface area contributed by atoms with Crippen molar-refractivity contribution < 1.29 is 18.0 Å². The monoisotopic (exact) mass is 238 g/mol. The maximum atomic E-state index is 11.8. The molecular weight excluding hydrogens is 221 g/mol. The first-order valence-electron chi connectivity index (χ1n) is 5.58. The van der Waals surface area contributed by atoms with Crippen LogP contribution < -0.4 is 10.6 Å². The maximum absolute atomic E-state index is 11.8. The smallest absolute Gasteiger partial charge is 0.338 e. The van der Waals surface area contributed by atoms with Gasteiger partial charge in [-0.15, -0.1) is 0 Å².